The van der Waals surface area contributed by atoms with Crippen LogP contribution in [0.2, 0.25) is 10.0 Å². The van der Waals surface area contributed by atoms with E-state index in [1.54, 1.807) is 23.1 Å². The van der Waals surface area contributed by atoms with Crippen LogP contribution < -0.4 is 10.2 Å². The average molecular weight is 391 g/mol. The Hall–Kier alpha value is -2.04. The zero-order valence-corrected chi connectivity index (χ0v) is 16.0. The Morgan fingerprint density at radius 2 is 1.81 bits per heavy atom. The number of carbonyl (C=O) groups excluding carboxylic acids is 2. The lowest BCUT2D eigenvalue weighted by Crippen LogP contribution is -2.41. The number of anilines is 2. The minimum atomic E-state index is -0.0872. The fraction of sp³-hybridized carbons (Fsp3) is 0.300. The number of halogens is 2. The van der Waals surface area contributed by atoms with Crippen LogP contribution in [-0.2, 0) is 16.0 Å². The van der Waals surface area contributed by atoms with Crippen LogP contribution in [0, 0.1) is 5.92 Å². The normalized spacial score (nSPS) is 17.3. The summed E-state index contributed by atoms with van der Waals surface area (Å²) in [5, 5.41) is 3.74. The van der Waals surface area contributed by atoms with Crippen molar-refractivity contribution in [3.05, 3.63) is 58.1 Å². The summed E-state index contributed by atoms with van der Waals surface area (Å²) in [7, 11) is 0. The number of para-hydroxylation sites is 1. The predicted molar refractivity (Wildman–Crippen MR) is 106 cm³/mol. The Bertz CT molecular complexity index is 801. The van der Waals surface area contributed by atoms with Crippen molar-refractivity contribution in [1.29, 1.82) is 0 Å². The van der Waals surface area contributed by atoms with E-state index < -0.39 is 0 Å². The first-order chi connectivity index (χ1) is 12.4. The molecular formula is C20H20Cl2N2O2. The van der Waals surface area contributed by atoms with Crippen molar-refractivity contribution in [2.24, 2.45) is 5.92 Å². The molecule has 0 aromatic heterocycles. The highest BCUT2D eigenvalue weighted by Gasteiger charge is 2.29. The van der Waals surface area contributed by atoms with Gasteiger partial charge in [-0.1, -0.05) is 41.4 Å². The van der Waals surface area contributed by atoms with Gasteiger partial charge in [-0.25, -0.2) is 0 Å². The molecule has 2 aromatic rings. The Labute approximate surface area is 163 Å². The molecule has 0 aliphatic carbocycles. The molecule has 26 heavy (non-hydrogen) atoms. The fourth-order valence-electron chi connectivity index (χ4n) is 3.30. The number of hydrogen-bond donors (Lipinski definition) is 1. The molecule has 4 nitrogen and oxygen atoms in total. The lowest BCUT2D eigenvalue weighted by molar-refractivity contribution is -0.120. The largest absolute Gasteiger partial charge is 0.326 e. The molecule has 1 unspecified atom stereocenters. The van der Waals surface area contributed by atoms with Crippen LogP contribution in [-0.4, -0.2) is 18.4 Å². The quantitative estimate of drug-likeness (QED) is 0.803. The van der Waals surface area contributed by atoms with E-state index in [0.29, 0.717) is 34.6 Å². The molecule has 6 heteroatoms. The predicted octanol–water partition coefficient (Wildman–Crippen LogP) is 4.94. The van der Waals surface area contributed by atoms with Gasteiger partial charge in [0.1, 0.15) is 0 Å². The highest BCUT2D eigenvalue weighted by atomic mass is 35.5. The number of nitrogens with zero attached hydrogens (tertiary/aromatic N) is 1. The summed E-state index contributed by atoms with van der Waals surface area (Å²) in [5.41, 5.74) is 2.56. The molecule has 1 N–H and O–H groups in total. The molecule has 2 amide bonds. The molecule has 1 atom stereocenters. The van der Waals surface area contributed by atoms with Crippen LogP contribution in [0.4, 0.5) is 11.4 Å². The minimum absolute atomic E-state index is 0.0530. The minimum Gasteiger partial charge on any atom is -0.326 e. The van der Waals surface area contributed by atoms with Crippen molar-refractivity contribution >= 4 is 46.4 Å². The number of piperidine rings is 1. The molecule has 1 aliphatic heterocycles. The summed E-state index contributed by atoms with van der Waals surface area (Å²) in [6, 6.07) is 13.1. The van der Waals surface area contributed by atoms with Crippen molar-refractivity contribution in [2.75, 3.05) is 16.8 Å². The van der Waals surface area contributed by atoms with Crippen molar-refractivity contribution < 1.29 is 9.59 Å². The number of nitrogens with one attached hydrogen (secondary N) is 1. The van der Waals surface area contributed by atoms with E-state index in [2.05, 4.69) is 5.32 Å². The van der Waals surface area contributed by atoms with E-state index in [1.165, 1.54) is 12.5 Å². The van der Waals surface area contributed by atoms with Gasteiger partial charge in [0.15, 0.2) is 0 Å². The third-order valence-electron chi connectivity index (χ3n) is 4.51. The molecule has 0 bridgehead atoms. The van der Waals surface area contributed by atoms with Crippen LogP contribution in [0.25, 0.3) is 0 Å². The van der Waals surface area contributed by atoms with E-state index in [-0.39, 0.29) is 11.8 Å². The van der Waals surface area contributed by atoms with Crippen LogP contribution in [0.15, 0.2) is 42.5 Å². The number of benzene rings is 2. The number of hydrogen-bond acceptors (Lipinski definition) is 2. The third-order valence-corrected chi connectivity index (χ3v) is 5.12. The lowest BCUT2D eigenvalue weighted by atomic mass is 9.90. The van der Waals surface area contributed by atoms with E-state index >= 15 is 0 Å². The molecule has 1 fully saturated rings. The first kappa shape index (κ1) is 18.7. The molecule has 1 saturated heterocycles. The molecular weight excluding hydrogens is 371 g/mol. The number of rotatable bonds is 4. The summed E-state index contributed by atoms with van der Waals surface area (Å²) < 4.78 is 0. The molecule has 2 aromatic carbocycles. The highest BCUT2D eigenvalue weighted by Crippen LogP contribution is 2.37. The van der Waals surface area contributed by atoms with Crippen molar-refractivity contribution in [3.8, 4) is 0 Å². The topological polar surface area (TPSA) is 49.4 Å². The maximum absolute atomic E-state index is 12.4. The number of carbonyl (C=O) groups is 2. The van der Waals surface area contributed by atoms with Gasteiger partial charge in [0.2, 0.25) is 11.8 Å². The van der Waals surface area contributed by atoms with Crippen LogP contribution >= 0.6 is 23.2 Å². The molecule has 3 rings (SSSR count). The lowest BCUT2D eigenvalue weighted by Gasteiger charge is -2.33. The standard InChI is InChI=1S/C20H20Cl2N2O2/c1-13(25)23-16-8-5-14(6-9-16)11-15-7-10-19(26)24(12-15)20-17(21)3-2-4-18(20)22/h2-6,8-9,15H,7,10-12H2,1H3,(H,23,25). The molecule has 136 valence electrons. The van der Waals surface area contributed by atoms with E-state index in [0.717, 1.165) is 18.5 Å². The van der Waals surface area contributed by atoms with Crippen molar-refractivity contribution in [2.45, 2.75) is 26.2 Å². The van der Waals surface area contributed by atoms with Gasteiger partial charge in [-0.2, -0.15) is 0 Å². The van der Waals surface area contributed by atoms with Crippen LogP contribution in [0.1, 0.15) is 25.3 Å². The second-order valence-corrected chi connectivity index (χ2v) is 7.38. The van der Waals surface area contributed by atoms with Gasteiger partial charge < -0.3 is 10.2 Å². The van der Waals surface area contributed by atoms with Crippen molar-refractivity contribution in [3.63, 3.8) is 0 Å². The molecule has 0 radical (unpaired) electrons. The SMILES string of the molecule is CC(=O)Nc1ccc(CC2CCC(=O)N(c3c(Cl)cccc3Cl)C2)cc1. The molecule has 0 saturated carbocycles. The van der Waals surface area contributed by atoms with Crippen LogP contribution in [0.3, 0.4) is 0 Å². The van der Waals surface area contributed by atoms with Gasteiger partial charge >= 0.3 is 0 Å². The van der Waals surface area contributed by atoms with Gasteiger partial charge in [0.25, 0.3) is 0 Å². The average Bonchev–Trinajstić information content (AvgIpc) is 2.59. The van der Waals surface area contributed by atoms with E-state index in [4.69, 9.17) is 23.2 Å². The van der Waals surface area contributed by atoms with Gasteiger partial charge in [0.05, 0.1) is 15.7 Å². The Morgan fingerprint density at radius 1 is 1.15 bits per heavy atom. The van der Waals surface area contributed by atoms with Gasteiger partial charge in [-0.05, 0) is 48.6 Å². The second kappa shape index (κ2) is 8.11. The van der Waals surface area contributed by atoms with E-state index in [1.807, 2.05) is 24.3 Å². The van der Waals surface area contributed by atoms with Crippen molar-refractivity contribution in [1.82, 2.24) is 0 Å². The fourth-order valence-corrected chi connectivity index (χ4v) is 3.91. The summed E-state index contributed by atoms with van der Waals surface area (Å²) in [6.45, 7) is 2.08. The third kappa shape index (κ3) is 4.37. The van der Waals surface area contributed by atoms with E-state index in [9.17, 15) is 9.59 Å². The Morgan fingerprint density at radius 3 is 2.42 bits per heavy atom. The second-order valence-electron chi connectivity index (χ2n) is 6.56. The summed E-state index contributed by atoms with van der Waals surface area (Å²) >= 11 is 12.6. The summed E-state index contributed by atoms with van der Waals surface area (Å²) in [6.07, 6.45) is 2.17. The van der Waals surface area contributed by atoms with Crippen LogP contribution in [0.5, 0.6) is 0 Å². The molecule has 1 heterocycles. The first-order valence-corrected chi connectivity index (χ1v) is 9.30. The van der Waals surface area contributed by atoms with Gasteiger partial charge in [-0.15, -0.1) is 0 Å². The van der Waals surface area contributed by atoms with Gasteiger partial charge in [0, 0.05) is 25.6 Å². The Balaban J connectivity index is 1.72. The summed E-state index contributed by atoms with van der Waals surface area (Å²) in [4.78, 5) is 25.2. The zero-order valence-electron chi connectivity index (χ0n) is 14.5. The van der Waals surface area contributed by atoms with Gasteiger partial charge in [-0.3, -0.25) is 9.59 Å². The maximum atomic E-state index is 12.4. The summed E-state index contributed by atoms with van der Waals surface area (Å²) in [5.74, 6) is 0.291. The zero-order chi connectivity index (χ0) is 18.7. The highest BCUT2D eigenvalue weighted by molar-refractivity contribution is 6.39. The molecule has 1 aliphatic rings. The number of amides is 2. The molecule has 0 spiro atoms. The Kier molecular flexibility index (Phi) is 5.84. The smallest absolute Gasteiger partial charge is 0.227 e. The maximum Gasteiger partial charge on any atom is 0.227 e. The monoisotopic (exact) mass is 390 g/mol. The first-order valence-electron chi connectivity index (χ1n) is 8.55.